The smallest absolute Gasteiger partial charge is 0.477 e. The summed E-state index contributed by atoms with van der Waals surface area (Å²) in [5.74, 6) is -7.33. The molecule has 46 heavy (non-hydrogen) atoms. The van der Waals surface area contributed by atoms with Gasteiger partial charge in [-0.05, 0) is 30.7 Å². The van der Waals surface area contributed by atoms with Crippen LogP contribution in [0, 0.1) is 11.3 Å². The highest BCUT2D eigenvalue weighted by atomic mass is 19.4. The van der Waals surface area contributed by atoms with Gasteiger partial charge in [0.2, 0.25) is 11.8 Å². The number of nitrogens with zero attached hydrogens (tertiary/aromatic N) is 3. The second kappa shape index (κ2) is 16.6. The number of amides is 1. The Bertz CT molecular complexity index is 1240. The van der Waals surface area contributed by atoms with Crippen molar-refractivity contribution in [1.29, 1.82) is 0 Å². The molecule has 1 amide bonds. The molecule has 2 aromatic heterocycles. The number of aromatic nitrogens is 2. The Morgan fingerprint density at radius 2 is 1.43 bits per heavy atom. The number of hydrogen-bond donors (Lipinski definition) is 4. The molecule has 12 nitrogen and oxygen atoms in total. The Labute approximate surface area is 252 Å². The number of aliphatic carboxylic acids is 3. The van der Waals surface area contributed by atoms with Crippen molar-refractivity contribution in [2.75, 3.05) is 26.2 Å². The van der Waals surface area contributed by atoms with Crippen LogP contribution in [0.4, 0.5) is 39.5 Å². The molecule has 4 heterocycles. The summed E-state index contributed by atoms with van der Waals surface area (Å²) < 4.78 is 101. The Morgan fingerprint density at radius 1 is 0.891 bits per heavy atom. The van der Waals surface area contributed by atoms with Crippen molar-refractivity contribution in [3.05, 3.63) is 54.5 Å². The van der Waals surface area contributed by atoms with Gasteiger partial charge in [-0.25, -0.2) is 19.4 Å². The van der Waals surface area contributed by atoms with E-state index >= 15 is 0 Å². The fourth-order valence-corrected chi connectivity index (χ4v) is 3.93. The van der Waals surface area contributed by atoms with E-state index < -0.39 is 36.4 Å². The number of carboxylic acid groups (broad SMARTS) is 3. The van der Waals surface area contributed by atoms with Crippen molar-refractivity contribution in [1.82, 2.24) is 20.2 Å². The molecule has 4 N–H and O–H groups in total. The summed E-state index contributed by atoms with van der Waals surface area (Å²) in [6.45, 7) is 3.70. The normalized spacial score (nSPS) is 19.3. The van der Waals surface area contributed by atoms with Gasteiger partial charge in [0, 0.05) is 50.2 Å². The maximum Gasteiger partial charge on any atom is 0.490 e. The van der Waals surface area contributed by atoms with Crippen molar-refractivity contribution in [2.45, 2.75) is 31.5 Å². The van der Waals surface area contributed by atoms with Gasteiger partial charge in [-0.15, -0.1) is 0 Å². The maximum atomic E-state index is 12.6. The van der Waals surface area contributed by atoms with Crippen LogP contribution in [0.15, 0.2) is 48.9 Å². The highest BCUT2D eigenvalue weighted by molar-refractivity contribution is 5.86. The third-order valence-electron chi connectivity index (χ3n) is 6.05. The number of hydrogen-bond acceptors (Lipinski definition) is 8. The zero-order valence-electron chi connectivity index (χ0n) is 23.1. The highest BCUT2D eigenvalue weighted by Gasteiger charge is 2.54. The minimum Gasteiger partial charge on any atom is -0.477 e. The fraction of sp³-hybridized carbons (Fsp3) is 0.440. The molecule has 1 spiro atoms. The highest BCUT2D eigenvalue weighted by Crippen LogP contribution is 2.42. The molecular weight excluding hydrogens is 655 g/mol. The monoisotopic (exact) mass is 680 g/mol. The van der Waals surface area contributed by atoms with E-state index in [0.29, 0.717) is 19.0 Å². The summed E-state index contributed by atoms with van der Waals surface area (Å²) in [7, 11) is 0. The second-order valence-electron chi connectivity index (χ2n) is 9.27. The minimum absolute atomic E-state index is 0.163. The third-order valence-corrected chi connectivity index (χ3v) is 6.05. The van der Waals surface area contributed by atoms with Crippen LogP contribution in [-0.2, 0) is 25.7 Å². The van der Waals surface area contributed by atoms with Gasteiger partial charge in [0.1, 0.15) is 0 Å². The van der Waals surface area contributed by atoms with Gasteiger partial charge < -0.3 is 25.4 Å². The topological polar surface area (TPSA) is 179 Å². The molecule has 256 valence electrons. The van der Waals surface area contributed by atoms with E-state index in [1.807, 2.05) is 30.5 Å². The van der Waals surface area contributed by atoms with E-state index in [0.717, 1.165) is 26.1 Å². The van der Waals surface area contributed by atoms with Crippen LogP contribution >= 0.6 is 0 Å². The summed E-state index contributed by atoms with van der Waals surface area (Å²) in [4.78, 5) is 50.0. The van der Waals surface area contributed by atoms with E-state index in [2.05, 4.69) is 26.3 Å². The molecule has 2 saturated heterocycles. The van der Waals surface area contributed by atoms with E-state index in [-0.39, 0.29) is 17.2 Å². The molecule has 4 rings (SSSR count). The van der Waals surface area contributed by atoms with Crippen LogP contribution in [0.2, 0.25) is 0 Å². The van der Waals surface area contributed by atoms with Crippen LogP contribution < -0.4 is 10.1 Å². The zero-order valence-corrected chi connectivity index (χ0v) is 23.1. The first-order chi connectivity index (χ1) is 21.1. The van der Waals surface area contributed by atoms with Crippen molar-refractivity contribution >= 4 is 23.8 Å². The standard InChI is InChI=1S/C19H22N4O2.3C2HF3O2/c24-18-19(6-9-23(14-19)12-15-4-3-7-20-10-15)16(11-22-18)13-25-17-5-1-2-8-21-17;3*3-2(4,5)1(6)7/h1-5,7-8,10,16H,6,9,11-14H2,(H,22,24);3*(H,6,7)/t16-,19-;;;/m1.../s1. The summed E-state index contributed by atoms with van der Waals surface area (Å²) in [6, 6.07) is 9.64. The molecule has 0 unspecified atom stereocenters. The molecule has 0 bridgehead atoms. The van der Waals surface area contributed by atoms with Crippen molar-refractivity contribution in [2.24, 2.45) is 11.3 Å². The molecule has 0 aliphatic carbocycles. The molecule has 2 aliphatic heterocycles. The second-order valence-corrected chi connectivity index (χ2v) is 9.27. The number of ether oxygens (including phenoxy) is 1. The Hall–Kier alpha value is -4.69. The van der Waals surface area contributed by atoms with Gasteiger partial charge in [0.25, 0.3) is 0 Å². The number of likely N-dealkylation sites (tertiary alicyclic amines) is 1. The average molecular weight is 680 g/mol. The number of alkyl halides is 9. The Morgan fingerprint density at radius 3 is 1.87 bits per heavy atom. The molecule has 2 atom stereocenters. The lowest BCUT2D eigenvalue weighted by atomic mass is 9.77. The van der Waals surface area contributed by atoms with Gasteiger partial charge in [-0.3, -0.25) is 14.7 Å². The van der Waals surface area contributed by atoms with E-state index in [9.17, 15) is 44.3 Å². The van der Waals surface area contributed by atoms with Crippen molar-refractivity contribution in [3.8, 4) is 5.88 Å². The number of pyridine rings is 2. The lowest BCUT2D eigenvalue weighted by Gasteiger charge is -2.28. The van der Waals surface area contributed by atoms with Gasteiger partial charge in [0.15, 0.2) is 0 Å². The van der Waals surface area contributed by atoms with Gasteiger partial charge in [-0.2, -0.15) is 39.5 Å². The molecule has 2 aromatic rings. The van der Waals surface area contributed by atoms with Crippen molar-refractivity contribution < 1.29 is 78.7 Å². The summed E-state index contributed by atoms with van der Waals surface area (Å²) in [5.41, 5.74) is 0.830. The first kappa shape index (κ1) is 39.3. The predicted octanol–water partition coefficient (Wildman–Crippen LogP) is 3.39. The fourth-order valence-electron chi connectivity index (χ4n) is 3.93. The zero-order chi connectivity index (χ0) is 35.3. The number of carbonyl (C=O) groups excluding carboxylic acids is 1. The molecule has 21 heteroatoms. The summed E-state index contributed by atoms with van der Waals surface area (Å²) >= 11 is 0. The number of carboxylic acids is 3. The lowest BCUT2D eigenvalue weighted by Crippen LogP contribution is -2.40. The third kappa shape index (κ3) is 13.1. The van der Waals surface area contributed by atoms with Gasteiger partial charge in [-0.1, -0.05) is 12.1 Å². The van der Waals surface area contributed by atoms with Crippen LogP contribution in [-0.4, -0.2) is 98.8 Å². The van der Waals surface area contributed by atoms with E-state index in [1.165, 1.54) is 5.56 Å². The van der Waals surface area contributed by atoms with Crippen LogP contribution in [0.3, 0.4) is 0 Å². The average Bonchev–Trinajstić information content (AvgIpc) is 3.51. The largest absolute Gasteiger partial charge is 0.490 e. The molecule has 2 fully saturated rings. The van der Waals surface area contributed by atoms with E-state index in [1.54, 1.807) is 12.4 Å². The Balaban J connectivity index is 0.000000413. The molecular formula is C25H25F9N4O8. The van der Waals surface area contributed by atoms with Crippen LogP contribution in [0.25, 0.3) is 0 Å². The van der Waals surface area contributed by atoms with Gasteiger partial charge in [0.05, 0.1) is 12.0 Å². The summed E-state index contributed by atoms with van der Waals surface area (Å²) in [5, 5.41) is 24.4. The first-order valence-electron chi connectivity index (χ1n) is 12.4. The van der Waals surface area contributed by atoms with Crippen molar-refractivity contribution in [3.63, 3.8) is 0 Å². The first-order valence-corrected chi connectivity index (χ1v) is 12.4. The number of halogens is 9. The number of carbonyl (C=O) groups is 4. The quantitative estimate of drug-likeness (QED) is 0.340. The van der Waals surface area contributed by atoms with Crippen LogP contribution in [0.5, 0.6) is 5.88 Å². The lowest BCUT2D eigenvalue weighted by molar-refractivity contribution is -0.193. The van der Waals surface area contributed by atoms with Gasteiger partial charge >= 0.3 is 36.4 Å². The molecule has 2 aliphatic rings. The molecule has 0 radical (unpaired) electrons. The number of nitrogens with one attached hydrogen (secondary N) is 1. The SMILES string of the molecule is O=C(O)C(F)(F)F.O=C(O)C(F)(F)F.O=C(O)C(F)(F)F.O=C1NC[C@H](COc2ccccn2)[C@]12CCN(Cc1cccnc1)C2. The van der Waals surface area contributed by atoms with Crippen LogP contribution in [0.1, 0.15) is 12.0 Å². The van der Waals surface area contributed by atoms with E-state index in [4.69, 9.17) is 34.4 Å². The molecule has 0 saturated carbocycles. The molecule has 0 aromatic carbocycles. The maximum absolute atomic E-state index is 12.6. The predicted molar refractivity (Wildman–Crippen MR) is 134 cm³/mol. The Kier molecular flexibility index (Phi) is 14.2. The summed E-state index contributed by atoms with van der Waals surface area (Å²) in [6.07, 6.45) is -8.99. The number of rotatable bonds is 5. The minimum atomic E-state index is -5.08.